The zero-order valence-corrected chi connectivity index (χ0v) is 13.8. The molecule has 3 aromatic carbocycles. The first-order valence-electron chi connectivity index (χ1n) is 7.09. The molecule has 0 aliphatic rings. The first-order chi connectivity index (χ1) is 10.7. The van der Waals surface area contributed by atoms with Gasteiger partial charge in [0.05, 0.1) is 0 Å². The first-order valence-corrected chi connectivity index (χ1v) is 8.01. The third-order valence-electron chi connectivity index (χ3n) is 3.74. The maximum atomic E-state index is 11.3. The lowest BCUT2D eigenvalue weighted by molar-refractivity contribution is 0.101. The molecule has 108 valence electrons. The molecule has 3 aromatic rings. The summed E-state index contributed by atoms with van der Waals surface area (Å²) in [5.41, 5.74) is 4.20. The maximum absolute atomic E-state index is 11.3. The standard InChI is InChI=1S/C20H15BrO/c1-14(22)16-4-6-17(7-5-16)19-9-8-18-12-15(10-11-21)2-3-20(18)13-19/h2-13H,1H3. The Kier molecular flexibility index (Phi) is 4.21. The van der Waals surface area contributed by atoms with Crippen molar-refractivity contribution in [3.05, 3.63) is 76.8 Å². The van der Waals surface area contributed by atoms with Crippen LogP contribution in [0.5, 0.6) is 0 Å². The Bertz CT molecular complexity index is 861. The van der Waals surface area contributed by atoms with Crippen LogP contribution in [0.2, 0.25) is 0 Å². The largest absolute Gasteiger partial charge is 0.295 e. The van der Waals surface area contributed by atoms with E-state index in [-0.39, 0.29) is 5.78 Å². The fourth-order valence-electron chi connectivity index (χ4n) is 2.52. The highest BCUT2D eigenvalue weighted by atomic mass is 79.9. The Hall–Kier alpha value is -2.19. The van der Waals surface area contributed by atoms with Crippen molar-refractivity contribution in [2.75, 3.05) is 0 Å². The van der Waals surface area contributed by atoms with Gasteiger partial charge in [0.2, 0.25) is 0 Å². The topological polar surface area (TPSA) is 17.1 Å². The van der Waals surface area contributed by atoms with Crippen molar-refractivity contribution in [1.29, 1.82) is 0 Å². The highest BCUT2D eigenvalue weighted by molar-refractivity contribution is 9.11. The van der Waals surface area contributed by atoms with Crippen molar-refractivity contribution in [2.45, 2.75) is 6.92 Å². The van der Waals surface area contributed by atoms with Crippen molar-refractivity contribution >= 4 is 38.6 Å². The molecule has 2 heteroatoms. The Morgan fingerprint density at radius 1 is 0.864 bits per heavy atom. The Morgan fingerprint density at radius 3 is 2.18 bits per heavy atom. The number of Topliss-reactive ketones (excluding diaryl/α,β-unsaturated/α-hetero) is 1. The molecule has 0 saturated heterocycles. The fraction of sp³-hybridized carbons (Fsp3) is 0.0500. The lowest BCUT2D eigenvalue weighted by atomic mass is 9.99. The summed E-state index contributed by atoms with van der Waals surface area (Å²) in [7, 11) is 0. The second-order valence-electron chi connectivity index (χ2n) is 5.25. The average molecular weight is 351 g/mol. The third kappa shape index (κ3) is 3.02. The molecular weight excluding hydrogens is 336 g/mol. The number of ketones is 1. The first kappa shape index (κ1) is 14.7. The Balaban J connectivity index is 2.01. The van der Waals surface area contributed by atoms with Crippen LogP contribution in [0.1, 0.15) is 22.8 Å². The van der Waals surface area contributed by atoms with Crippen LogP contribution >= 0.6 is 15.9 Å². The monoisotopic (exact) mass is 350 g/mol. The van der Waals surface area contributed by atoms with Gasteiger partial charge in [-0.25, -0.2) is 0 Å². The number of carbonyl (C=O) groups excluding carboxylic acids is 1. The maximum Gasteiger partial charge on any atom is 0.159 e. The van der Waals surface area contributed by atoms with Gasteiger partial charge in [-0.15, -0.1) is 0 Å². The molecule has 0 aromatic heterocycles. The van der Waals surface area contributed by atoms with Crippen LogP contribution in [0.15, 0.2) is 65.6 Å². The van der Waals surface area contributed by atoms with Crippen molar-refractivity contribution in [1.82, 2.24) is 0 Å². The predicted molar refractivity (Wildman–Crippen MR) is 97.3 cm³/mol. The van der Waals surface area contributed by atoms with Gasteiger partial charge in [0, 0.05) is 5.56 Å². The number of fused-ring (bicyclic) bond motifs is 1. The van der Waals surface area contributed by atoms with Gasteiger partial charge in [0.15, 0.2) is 5.78 Å². The van der Waals surface area contributed by atoms with E-state index in [1.54, 1.807) is 6.92 Å². The number of carbonyl (C=O) groups is 1. The molecule has 0 saturated carbocycles. The van der Waals surface area contributed by atoms with Gasteiger partial charge in [-0.05, 0) is 57.6 Å². The van der Waals surface area contributed by atoms with Crippen molar-refractivity contribution in [2.24, 2.45) is 0 Å². The summed E-state index contributed by atoms with van der Waals surface area (Å²) >= 11 is 3.30. The molecule has 0 radical (unpaired) electrons. The summed E-state index contributed by atoms with van der Waals surface area (Å²) < 4.78 is 0. The van der Waals surface area contributed by atoms with E-state index in [4.69, 9.17) is 0 Å². The molecule has 0 amide bonds. The number of halogens is 1. The molecule has 0 bridgehead atoms. The quantitative estimate of drug-likeness (QED) is 0.523. The van der Waals surface area contributed by atoms with E-state index in [9.17, 15) is 4.79 Å². The van der Waals surface area contributed by atoms with Crippen LogP contribution in [-0.2, 0) is 0 Å². The van der Waals surface area contributed by atoms with E-state index < -0.39 is 0 Å². The van der Waals surface area contributed by atoms with Gasteiger partial charge in [0.1, 0.15) is 0 Å². The summed E-state index contributed by atoms with van der Waals surface area (Å²) in [4.78, 5) is 13.2. The van der Waals surface area contributed by atoms with Crippen molar-refractivity contribution in [3.63, 3.8) is 0 Å². The molecule has 1 nitrogen and oxygen atoms in total. The van der Waals surface area contributed by atoms with Crippen LogP contribution in [0.3, 0.4) is 0 Å². The number of rotatable bonds is 3. The van der Waals surface area contributed by atoms with E-state index in [0.29, 0.717) is 0 Å². The number of hydrogen-bond donors (Lipinski definition) is 0. The van der Waals surface area contributed by atoms with E-state index in [1.165, 1.54) is 16.3 Å². The molecule has 0 N–H and O–H groups in total. The molecule has 0 unspecified atom stereocenters. The second kappa shape index (κ2) is 6.29. The number of hydrogen-bond acceptors (Lipinski definition) is 1. The van der Waals surface area contributed by atoms with E-state index in [0.717, 1.165) is 16.7 Å². The van der Waals surface area contributed by atoms with Crippen molar-refractivity contribution in [3.8, 4) is 11.1 Å². The average Bonchev–Trinajstić information content (AvgIpc) is 2.55. The zero-order chi connectivity index (χ0) is 15.5. The molecule has 0 spiro atoms. The molecule has 0 aliphatic heterocycles. The molecule has 0 heterocycles. The van der Waals surface area contributed by atoms with Gasteiger partial charge in [-0.2, -0.15) is 0 Å². The van der Waals surface area contributed by atoms with E-state index in [1.807, 2.05) is 35.3 Å². The smallest absolute Gasteiger partial charge is 0.159 e. The van der Waals surface area contributed by atoms with Crippen molar-refractivity contribution < 1.29 is 4.79 Å². The fourth-order valence-corrected chi connectivity index (χ4v) is 2.82. The summed E-state index contributed by atoms with van der Waals surface area (Å²) in [6.07, 6.45) is 2.02. The minimum Gasteiger partial charge on any atom is -0.295 e. The van der Waals surface area contributed by atoms with Gasteiger partial charge in [-0.1, -0.05) is 64.5 Å². The Labute approximate surface area is 138 Å². The zero-order valence-electron chi connectivity index (χ0n) is 12.2. The van der Waals surface area contributed by atoms with Gasteiger partial charge < -0.3 is 0 Å². The highest BCUT2D eigenvalue weighted by Gasteiger charge is 2.03. The number of benzene rings is 3. The van der Waals surface area contributed by atoms with Crippen LogP contribution < -0.4 is 0 Å². The summed E-state index contributed by atoms with van der Waals surface area (Å²) in [5, 5.41) is 2.42. The predicted octanol–water partition coefficient (Wildman–Crippen LogP) is 6.08. The summed E-state index contributed by atoms with van der Waals surface area (Å²) in [6.45, 7) is 1.59. The molecule has 0 aliphatic carbocycles. The lowest BCUT2D eigenvalue weighted by Gasteiger charge is -2.06. The van der Waals surface area contributed by atoms with Crippen LogP contribution in [-0.4, -0.2) is 5.78 Å². The molecular formula is C20H15BrO. The lowest BCUT2D eigenvalue weighted by Crippen LogP contribution is -1.90. The van der Waals surface area contributed by atoms with E-state index in [2.05, 4.69) is 52.3 Å². The highest BCUT2D eigenvalue weighted by Crippen LogP contribution is 2.26. The van der Waals surface area contributed by atoms with Crippen LogP contribution in [0, 0.1) is 0 Å². The van der Waals surface area contributed by atoms with E-state index >= 15 is 0 Å². The second-order valence-corrected chi connectivity index (χ2v) is 5.78. The molecule has 22 heavy (non-hydrogen) atoms. The molecule has 3 rings (SSSR count). The van der Waals surface area contributed by atoms with Gasteiger partial charge >= 0.3 is 0 Å². The van der Waals surface area contributed by atoms with Gasteiger partial charge in [0.25, 0.3) is 0 Å². The summed E-state index contributed by atoms with van der Waals surface area (Å²) in [5.74, 6) is 0.0948. The normalized spacial score (nSPS) is 11.2. The minimum absolute atomic E-state index is 0.0948. The molecule has 0 atom stereocenters. The SMILES string of the molecule is CC(=O)c1ccc(-c2ccc3cc(C=CBr)ccc3c2)cc1. The minimum atomic E-state index is 0.0948. The Morgan fingerprint density at radius 2 is 1.50 bits per heavy atom. The molecule has 0 fully saturated rings. The summed E-state index contributed by atoms with van der Waals surface area (Å²) in [6, 6.07) is 20.6. The van der Waals surface area contributed by atoms with Crippen LogP contribution in [0.25, 0.3) is 28.0 Å². The van der Waals surface area contributed by atoms with Gasteiger partial charge in [-0.3, -0.25) is 4.79 Å². The third-order valence-corrected chi connectivity index (χ3v) is 4.01. The van der Waals surface area contributed by atoms with Crippen LogP contribution in [0.4, 0.5) is 0 Å².